The van der Waals surface area contributed by atoms with Crippen molar-refractivity contribution in [2.45, 2.75) is 12.8 Å². The van der Waals surface area contributed by atoms with Crippen LogP contribution in [0.3, 0.4) is 0 Å². The molecular weight excluding hydrogens is 217 g/mol. The van der Waals surface area contributed by atoms with Crippen molar-refractivity contribution < 1.29 is 9.18 Å². The molecule has 1 aromatic carbocycles. The second-order valence-corrected chi connectivity index (χ2v) is 3.75. The number of aromatic nitrogens is 1. The summed E-state index contributed by atoms with van der Waals surface area (Å²) in [6, 6.07) is 10.2. The number of benzene rings is 1. The van der Waals surface area contributed by atoms with Gasteiger partial charge in [-0.1, -0.05) is 18.2 Å². The summed E-state index contributed by atoms with van der Waals surface area (Å²) < 4.78 is 13.0. The predicted octanol–water partition coefficient (Wildman–Crippen LogP) is 3.02. The van der Waals surface area contributed by atoms with Gasteiger partial charge in [0.15, 0.2) is 0 Å². The largest absolute Gasteiger partial charge is 0.303 e. The maximum absolute atomic E-state index is 13.0. The highest BCUT2D eigenvalue weighted by Crippen LogP contribution is 2.19. The van der Waals surface area contributed by atoms with E-state index in [4.69, 9.17) is 0 Å². The first-order chi connectivity index (χ1) is 8.29. The molecule has 0 N–H and O–H groups in total. The van der Waals surface area contributed by atoms with Crippen molar-refractivity contribution in [3.63, 3.8) is 0 Å². The quantitative estimate of drug-likeness (QED) is 0.754. The van der Waals surface area contributed by atoms with Gasteiger partial charge in [0.05, 0.1) is 0 Å². The maximum Gasteiger partial charge on any atom is 0.123 e. The molecule has 0 saturated carbocycles. The van der Waals surface area contributed by atoms with Crippen LogP contribution in [0, 0.1) is 5.82 Å². The predicted molar refractivity (Wildman–Crippen MR) is 64.0 cm³/mol. The molecule has 0 aliphatic rings. The fourth-order valence-corrected chi connectivity index (χ4v) is 1.62. The van der Waals surface area contributed by atoms with Gasteiger partial charge in [0, 0.05) is 23.9 Å². The van der Waals surface area contributed by atoms with Gasteiger partial charge in [0.2, 0.25) is 0 Å². The minimum absolute atomic E-state index is 0.257. The van der Waals surface area contributed by atoms with Crippen molar-refractivity contribution in [2.75, 3.05) is 0 Å². The fraction of sp³-hybridized carbons (Fsp3) is 0.143. The maximum atomic E-state index is 13.0. The molecule has 3 heteroatoms. The smallest absolute Gasteiger partial charge is 0.123 e. The summed E-state index contributed by atoms with van der Waals surface area (Å²) in [7, 11) is 0. The van der Waals surface area contributed by atoms with Crippen LogP contribution in [-0.4, -0.2) is 11.3 Å². The summed E-state index contributed by atoms with van der Waals surface area (Å²) in [5, 5.41) is 0. The summed E-state index contributed by atoms with van der Waals surface area (Å²) in [5.41, 5.74) is 2.55. The van der Waals surface area contributed by atoms with Crippen molar-refractivity contribution in [1.82, 2.24) is 4.98 Å². The Labute approximate surface area is 99.1 Å². The molecule has 0 amide bonds. The molecule has 0 unspecified atom stereocenters. The van der Waals surface area contributed by atoms with E-state index in [1.165, 1.54) is 12.1 Å². The first kappa shape index (κ1) is 11.5. The molecule has 17 heavy (non-hydrogen) atoms. The van der Waals surface area contributed by atoms with Crippen LogP contribution in [0.2, 0.25) is 0 Å². The molecular formula is C14H12FNO. The number of hydrogen-bond acceptors (Lipinski definition) is 2. The summed E-state index contributed by atoms with van der Waals surface area (Å²) in [6.07, 6.45) is 3.70. The molecule has 0 fully saturated rings. The number of pyridine rings is 1. The van der Waals surface area contributed by atoms with E-state index >= 15 is 0 Å². The standard InChI is InChI=1S/C14H12FNO/c15-13-4-1-3-11(9-13)12-6-7-14(16-10-12)5-2-8-17/h1,3-4,6-10H,2,5H2. The first-order valence-electron chi connectivity index (χ1n) is 5.44. The van der Waals surface area contributed by atoms with Crippen molar-refractivity contribution >= 4 is 6.29 Å². The second kappa shape index (κ2) is 5.34. The Hall–Kier alpha value is -2.03. The highest BCUT2D eigenvalue weighted by atomic mass is 19.1. The van der Waals surface area contributed by atoms with Crippen LogP contribution < -0.4 is 0 Å². The number of halogens is 1. The lowest BCUT2D eigenvalue weighted by atomic mass is 10.1. The number of aryl methyl sites for hydroxylation is 1. The van der Waals surface area contributed by atoms with Crippen LogP contribution in [-0.2, 0) is 11.2 Å². The van der Waals surface area contributed by atoms with E-state index in [2.05, 4.69) is 4.98 Å². The van der Waals surface area contributed by atoms with Crippen LogP contribution in [0.15, 0.2) is 42.6 Å². The van der Waals surface area contributed by atoms with E-state index in [-0.39, 0.29) is 5.82 Å². The van der Waals surface area contributed by atoms with E-state index in [1.807, 2.05) is 18.2 Å². The highest BCUT2D eigenvalue weighted by Gasteiger charge is 2.00. The molecule has 2 nitrogen and oxygen atoms in total. The first-order valence-corrected chi connectivity index (χ1v) is 5.44. The van der Waals surface area contributed by atoms with Gasteiger partial charge >= 0.3 is 0 Å². The number of carbonyl (C=O) groups excluding carboxylic acids is 1. The van der Waals surface area contributed by atoms with Gasteiger partial charge in [0.25, 0.3) is 0 Å². The summed E-state index contributed by atoms with van der Waals surface area (Å²) in [5.74, 6) is -0.257. The van der Waals surface area contributed by atoms with Crippen molar-refractivity contribution in [3.05, 3.63) is 54.1 Å². The molecule has 1 heterocycles. The number of hydrogen-bond donors (Lipinski definition) is 0. The van der Waals surface area contributed by atoms with Gasteiger partial charge in [0.1, 0.15) is 12.1 Å². The third-order valence-corrected chi connectivity index (χ3v) is 2.50. The van der Waals surface area contributed by atoms with E-state index in [0.717, 1.165) is 23.1 Å². The molecule has 0 radical (unpaired) electrons. The molecule has 1 aromatic heterocycles. The molecule has 2 aromatic rings. The van der Waals surface area contributed by atoms with Gasteiger partial charge in [-0.05, 0) is 30.2 Å². The van der Waals surface area contributed by atoms with Crippen molar-refractivity contribution in [3.8, 4) is 11.1 Å². The normalized spacial score (nSPS) is 10.2. The third-order valence-electron chi connectivity index (χ3n) is 2.50. The van der Waals surface area contributed by atoms with E-state index in [9.17, 15) is 9.18 Å². The van der Waals surface area contributed by atoms with Crippen molar-refractivity contribution in [2.24, 2.45) is 0 Å². The topological polar surface area (TPSA) is 30.0 Å². The van der Waals surface area contributed by atoms with E-state index < -0.39 is 0 Å². The Morgan fingerprint density at radius 3 is 2.71 bits per heavy atom. The number of nitrogens with zero attached hydrogens (tertiary/aromatic N) is 1. The number of rotatable bonds is 4. The zero-order valence-electron chi connectivity index (χ0n) is 9.27. The Morgan fingerprint density at radius 2 is 2.06 bits per heavy atom. The summed E-state index contributed by atoms with van der Waals surface area (Å²) >= 11 is 0. The van der Waals surface area contributed by atoms with Gasteiger partial charge in [-0.25, -0.2) is 4.39 Å². The van der Waals surface area contributed by atoms with Crippen LogP contribution in [0.1, 0.15) is 12.1 Å². The molecule has 0 bridgehead atoms. The van der Waals surface area contributed by atoms with Crippen LogP contribution in [0.25, 0.3) is 11.1 Å². The Balaban J connectivity index is 2.20. The van der Waals surface area contributed by atoms with Crippen LogP contribution in [0.4, 0.5) is 4.39 Å². The zero-order chi connectivity index (χ0) is 12.1. The molecule has 86 valence electrons. The minimum atomic E-state index is -0.257. The molecule has 0 aliphatic carbocycles. The Kier molecular flexibility index (Phi) is 3.60. The molecule has 0 spiro atoms. The van der Waals surface area contributed by atoms with Gasteiger partial charge in [-0.15, -0.1) is 0 Å². The molecule has 0 aliphatic heterocycles. The van der Waals surface area contributed by atoms with E-state index in [1.54, 1.807) is 12.3 Å². The zero-order valence-corrected chi connectivity index (χ0v) is 9.27. The lowest BCUT2D eigenvalue weighted by Gasteiger charge is -2.02. The van der Waals surface area contributed by atoms with Gasteiger partial charge in [-0.3, -0.25) is 4.98 Å². The fourth-order valence-electron chi connectivity index (χ4n) is 1.62. The number of carbonyl (C=O) groups is 1. The lowest BCUT2D eigenvalue weighted by molar-refractivity contribution is -0.107. The third kappa shape index (κ3) is 2.97. The van der Waals surface area contributed by atoms with E-state index in [0.29, 0.717) is 12.8 Å². The SMILES string of the molecule is O=CCCc1ccc(-c2cccc(F)c2)cn1. The summed E-state index contributed by atoms with van der Waals surface area (Å²) in [6.45, 7) is 0. The monoisotopic (exact) mass is 229 g/mol. The molecule has 0 saturated heterocycles. The highest BCUT2D eigenvalue weighted by molar-refractivity contribution is 5.62. The van der Waals surface area contributed by atoms with Crippen molar-refractivity contribution in [1.29, 1.82) is 0 Å². The number of aldehydes is 1. The minimum Gasteiger partial charge on any atom is -0.303 e. The Bertz CT molecular complexity index is 508. The second-order valence-electron chi connectivity index (χ2n) is 3.75. The van der Waals surface area contributed by atoms with Crippen LogP contribution in [0.5, 0.6) is 0 Å². The lowest BCUT2D eigenvalue weighted by Crippen LogP contribution is -1.91. The molecule has 0 atom stereocenters. The Morgan fingerprint density at radius 1 is 1.18 bits per heavy atom. The average molecular weight is 229 g/mol. The average Bonchev–Trinajstić information content (AvgIpc) is 2.37. The van der Waals surface area contributed by atoms with Crippen LogP contribution >= 0.6 is 0 Å². The molecule has 2 rings (SSSR count). The summed E-state index contributed by atoms with van der Waals surface area (Å²) in [4.78, 5) is 14.5. The van der Waals surface area contributed by atoms with Gasteiger partial charge < -0.3 is 4.79 Å². The van der Waals surface area contributed by atoms with Gasteiger partial charge in [-0.2, -0.15) is 0 Å².